The lowest BCUT2D eigenvalue weighted by atomic mass is 10.1. The molecule has 2 aromatic heterocycles. The topological polar surface area (TPSA) is 68.3 Å². The van der Waals surface area contributed by atoms with Gasteiger partial charge in [-0.1, -0.05) is 29.8 Å². The standard InChI is InChI=1S/C21H28N6O2/c1-15-6-8-16(9-7-15)14-26-10-5-11-27(13-12-26)20-22-18-17(23(20)2)19(28)25(4)21(29)24(18)3/h6-9H,5,10-14H2,1-4H3. The van der Waals surface area contributed by atoms with Crippen LogP contribution in [0.25, 0.3) is 11.2 Å². The molecular weight excluding hydrogens is 368 g/mol. The highest BCUT2D eigenvalue weighted by atomic mass is 16.2. The number of imidazole rings is 1. The Morgan fingerprint density at radius 1 is 0.897 bits per heavy atom. The summed E-state index contributed by atoms with van der Waals surface area (Å²) in [7, 11) is 5.02. The summed E-state index contributed by atoms with van der Waals surface area (Å²) in [5, 5.41) is 0. The van der Waals surface area contributed by atoms with Crippen molar-refractivity contribution < 1.29 is 0 Å². The van der Waals surface area contributed by atoms with Crippen LogP contribution in [0.15, 0.2) is 33.9 Å². The van der Waals surface area contributed by atoms with E-state index in [0.717, 1.165) is 49.7 Å². The van der Waals surface area contributed by atoms with E-state index >= 15 is 0 Å². The van der Waals surface area contributed by atoms with Gasteiger partial charge in [0.2, 0.25) is 5.95 Å². The molecule has 3 heterocycles. The maximum absolute atomic E-state index is 12.6. The molecule has 8 heteroatoms. The van der Waals surface area contributed by atoms with Crippen LogP contribution in [-0.2, 0) is 27.7 Å². The maximum atomic E-state index is 12.6. The van der Waals surface area contributed by atoms with E-state index in [1.54, 1.807) is 7.05 Å². The molecule has 0 N–H and O–H groups in total. The van der Waals surface area contributed by atoms with E-state index in [0.29, 0.717) is 11.2 Å². The van der Waals surface area contributed by atoms with Crippen molar-refractivity contribution >= 4 is 17.1 Å². The summed E-state index contributed by atoms with van der Waals surface area (Å²) in [4.78, 5) is 34.2. The molecule has 4 rings (SSSR count). The van der Waals surface area contributed by atoms with E-state index in [1.165, 1.54) is 22.7 Å². The lowest BCUT2D eigenvalue weighted by Gasteiger charge is -2.22. The van der Waals surface area contributed by atoms with Crippen LogP contribution >= 0.6 is 0 Å². The normalized spacial score (nSPS) is 15.8. The molecule has 0 atom stereocenters. The molecule has 1 aliphatic rings. The fourth-order valence-corrected chi connectivity index (χ4v) is 4.07. The van der Waals surface area contributed by atoms with Gasteiger partial charge in [-0.3, -0.25) is 18.8 Å². The van der Waals surface area contributed by atoms with E-state index in [-0.39, 0.29) is 11.2 Å². The molecule has 29 heavy (non-hydrogen) atoms. The minimum Gasteiger partial charge on any atom is -0.341 e. The van der Waals surface area contributed by atoms with Gasteiger partial charge < -0.3 is 9.47 Å². The molecule has 1 saturated heterocycles. The first-order chi connectivity index (χ1) is 13.9. The van der Waals surface area contributed by atoms with E-state index < -0.39 is 0 Å². The van der Waals surface area contributed by atoms with Crippen molar-refractivity contribution in [2.75, 3.05) is 31.1 Å². The van der Waals surface area contributed by atoms with Gasteiger partial charge >= 0.3 is 5.69 Å². The zero-order chi connectivity index (χ0) is 20.7. The second-order valence-electron chi connectivity index (χ2n) is 7.95. The zero-order valence-electron chi connectivity index (χ0n) is 17.6. The van der Waals surface area contributed by atoms with Crippen LogP contribution in [0.1, 0.15) is 17.5 Å². The highest BCUT2D eigenvalue weighted by Gasteiger charge is 2.23. The Bertz CT molecular complexity index is 1160. The summed E-state index contributed by atoms with van der Waals surface area (Å²) in [5.74, 6) is 0.746. The molecule has 8 nitrogen and oxygen atoms in total. The fraction of sp³-hybridized carbons (Fsp3) is 0.476. The van der Waals surface area contributed by atoms with Crippen LogP contribution in [0, 0.1) is 6.92 Å². The van der Waals surface area contributed by atoms with Gasteiger partial charge in [-0.05, 0) is 18.9 Å². The van der Waals surface area contributed by atoms with Crippen molar-refractivity contribution in [1.82, 2.24) is 23.6 Å². The van der Waals surface area contributed by atoms with E-state index in [9.17, 15) is 9.59 Å². The van der Waals surface area contributed by atoms with Gasteiger partial charge in [0.15, 0.2) is 11.2 Å². The smallest absolute Gasteiger partial charge is 0.332 e. The first kappa shape index (κ1) is 19.4. The summed E-state index contributed by atoms with van der Waals surface area (Å²) in [6, 6.07) is 8.70. The molecule has 0 aliphatic carbocycles. The van der Waals surface area contributed by atoms with Gasteiger partial charge in [-0.25, -0.2) is 4.79 Å². The fourth-order valence-electron chi connectivity index (χ4n) is 4.07. The van der Waals surface area contributed by atoms with E-state index in [2.05, 4.69) is 46.0 Å². The quantitative estimate of drug-likeness (QED) is 0.661. The second kappa shape index (κ2) is 7.51. The third-order valence-electron chi connectivity index (χ3n) is 5.85. The predicted molar refractivity (Wildman–Crippen MR) is 114 cm³/mol. The van der Waals surface area contributed by atoms with Crippen LogP contribution in [0.2, 0.25) is 0 Å². The lowest BCUT2D eigenvalue weighted by Crippen LogP contribution is -2.37. The Morgan fingerprint density at radius 2 is 1.62 bits per heavy atom. The molecule has 1 fully saturated rings. The second-order valence-corrected chi connectivity index (χ2v) is 7.95. The van der Waals surface area contributed by atoms with Gasteiger partial charge in [0.25, 0.3) is 5.56 Å². The highest BCUT2D eigenvalue weighted by molar-refractivity contribution is 5.74. The molecule has 0 radical (unpaired) electrons. The molecule has 0 spiro atoms. The SMILES string of the molecule is Cc1ccc(CN2CCCN(c3nc4c(c(=O)n(C)c(=O)n4C)n3C)CC2)cc1. The number of benzene rings is 1. The number of fused-ring (bicyclic) bond motifs is 1. The van der Waals surface area contributed by atoms with Crippen LogP contribution in [0.4, 0.5) is 5.95 Å². The van der Waals surface area contributed by atoms with Crippen LogP contribution in [0.5, 0.6) is 0 Å². The van der Waals surface area contributed by atoms with Gasteiger partial charge in [0.05, 0.1) is 0 Å². The summed E-state index contributed by atoms with van der Waals surface area (Å²) < 4.78 is 4.41. The summed E-state index contributed by atoms with van der Waals surface area (Å²) in [6.45, 7) is 6.69. The predicted octanol–water partition coefficient (Wildman–Crippen LogP) is 0.991. The van der Waals surface area contributed by atoms with Crippen molar-refractivity contribution in [3.8, 4) is 0 Å². The number of nitrogens with zero attached hydrogens (tertiary/aromatic N) is 6. The van der Waals surface area contributed by atoms with E-state index in [1.807, 2.05) is 11.6 Å². The molecule has 0 bridgehead atoms. The zero-order valence-corrected chi connectivity index (χ0v) is 17.6. The molecular formula is C21H28N6O2. The van der Waals surface area contributed by atoms with Crippen LogP contribution < -0.4 is 16.1 Å². The van der Waals surface area contributed by atoms with Crippen LogP contribution in [0.3, 0.4) is 0 Å². The minimum atomic E-state index is -0.354. The third-order valence-corrected chi connectivity index (χ3v) is 5.85. The molecule has 154 valence electrons. The molecule has 0 saturated carbocycles. The monoisotopic (exact) mass is 396 g/mol. The average molecular weight is 396 g/mol. The Kier molecular flexibility index (Phi) is 5.04. The Morgan fingerprint density at radius 3 is 2.34 bits per heavy atom. The van der Waals surface area contributed by atoms with Crippen LogP contribution in [-0.4, -0.2) is 49.8 Å². The number of hydrogen-bond donors (Lipinski definition) is 0. The summed E-state index contributed by atoms with van der Waals surface area (Å²) in [6.07, 6.45) is 1.02. The van der Waals surface area contributed by atoms with Gasteiger partial charge in [0.1, 0.15) is 0 Å². The lowest BCUT2D eigenvalue weighted by molar-refractivity contribution is 0.285. The number of aryl methyl sites for hydroxylation is 3. The third kappa shape index (κ3) is 3.48. The number of anilines is 1. The first-order valence-electron chi connectivity index (χ1n) is 10.0. The number of hydrogen-bond acceptors (Lipinski definition) is 5. The van der Waals surface area contributed by atoms with Gasteiger partial charge in [-0.15, -0.1) is 0 Å². The molecule has 3 aromatic rings. The summed E-state index contributed by atoms with van der Waals surface area (Å²) >= 11 is 0. The Hall–Kier alpha value is -2.87. The molecule has 0 unspecified atom stereocenters. The van der Waals surface area contributed by atoms with Crippen molar-refractivity contribution in [3.05, 3.63) is 56.2 Å². The highest BCUT2D eigenvalue weighted by Crippen LogP contribution is 2.20. The van der Waals surface area contributed by atoms with Crippen molar-refractivity contribution in [1.29, 1.82) is 0 Å². The minimum absolute atomic E-state index is 0.305. The molecule has 1 aromatic carbocycles. The maximum Gasteiger partial charge on any atom is 0.332 e. The Balaban J connectivity index is 1.59. The largest absolute Gasteiger partial charge is 0.341 e. The van der Waals surface area contributed by atoms with Crippen molar-refractivity contribution in [2.24, 2.45) is 21.1 Å². The van der Waals surface area contributed by atoms with Gasteiger partial charge in [0, 0.05) is 53.9 Å². The van der Waals surface area contributed by atoms with Crippen molar-refractivity contribution in [3.63, 3.8) is 0 Å². The van der Waals surface area contributed by atoms with E-state index in [4.69, 9.17) is 0 Å². The van der Waals surface area contributed by atoms with Gasteiger partial charge in [-0.2, -0.15) is 4.98 Å². The number of rotatable bonds is 3. The Labute approximate surface area is 169 Å². The number of aromatic nitrogens is 4. The molecule has 1 aliphatic heterocycles. The average Bonchev–Trinajstić information content (AvgIpc) is 2.89. The molecule has 0 amide bonds. The first-order valence-corrected chi connectivity index (χ1v) is 10.0. The summed E-state index contributed by atoms with van der Waals surface area (Å²) in [5.41, 5.74) is 2.85. The van der Waals surface area contributed by atoms with Crippen molar-refractivity contribution in [2.45, 2.75) is 19.9 Å².